The van der Waals surface area contributed by atoms with E-state index in [0.717, 1.165) is 50.2 Å². The van der Waals surface area contributed by atoms with Crippen LogP contribution in [0.15, 0.2) is 0 Å². The molecule has 6 heteroatoms. The van der Waals surface area contributed by atoms with Crippen LogP contribution in [0.4, 0.5) is 5.95 Å². The van der Waals surface area contributed by atoms with Crippen molar-refractivity contribution in [3.05, 3.63) is 11.4 Å². The zero-order valence-corrected chi connectivity index (χ0v) is 12.4. The van der Waals surface area contributed by atoms with Gasteiger partial charge in [-0.2, -0.15) is 5.10 Å². The van der Waals surface area contributed by atoms with Gasteiger partial charge in [0, 0.05) is 13.1 Å². The smallest absolute Gasteiger partial charge is 0.243 e. The van der Waals surface area contributed by atoms with Gasteiger partial charge in [-0.15, -0.1) is 5.10 Å². The second-order valence-corrected chi connectivity index (χ2v) is 5.03. The SMILES string of the molecule is CCc1nnc(NCC(=O)N2CCCCC2)nc1CC. The molecule has 0 spiro atoms. The number of aromatic nitrogens is 3. The lowest BCUT2D eigenvalue weighted by molar-refractivity contribution is -0.130. The molecule has 0 aliphatic carbocycles. The topological polar surface area (TPSA) is 71.0 Å². The van der Waals surface area contributed by atoms with Gasteiger partial charge < -0.3 is 10.2 Å². The average molecular weight is 277 g/mol. The lowest BCUT2D eigenvalue weighted by Crippen LogP contribution is -2.39. The van der Waals surface area contributed by atoms with Crippen molar-refractivity contribution in [1.82, 2.24) is 20.1 Å². The third-order valence-electron chi connectivity index (χ3n) is 3.62. The van der Waals surface area contributed by atoms with Crippen molar-refractivity contribution >= 4 is 11.9 Å². The number of carbonyl (C=O) groups is 1. The predicted octanol–water partition coefficient (Wildman–Crippen LogP) is 1.42. The van der Waals surface area contributed by atoms with Crippen LogP contribution in [0.2, 0.25) is 0 Å². The van der Waals surface area contributed by atoms with Crippen molar-refractivity contribution < 1.29 is 4.79 Å². The molecule has 1 amide bonds. The highest BCUT2D eigenvalue weighted by Gasteiger charge is 2.16. The van der Waals surface area contributed by atoms with E-state index in [0.29, 0.717) is 5.95 Å². The van der Waals surface area contributed by atoms with Gasteiger partial charge in [-0.3, -0.25) is 4.79 Å². The third kappa shape index (κ3) is 3.65. The number of nitrogens with one attached hydrogen (secondary N) is 1. The molecule has 1 aliphatic heterocycles. The molecule has 0 radical (unpaired) electrons. The second-order valence-electron chi connectivity index (χ2n) is 5.03. The number of nitrogens with zero attached hydrogens (tertiary/aromatic N) is 4. The van der Waals surface area contributed by atoms with Gasteiger partial charge in [0.2, 0.25) is 11.9 Å². The standard InChI is InChI=1S/C14H23N5O/c1-3-11-12(4-2)17-18-14(16-11)15-10-13(20)19-8-6-5-7-9-19/h3-10H2,1-2H3,(H,15,16,18). The number of likely N-dealkylation sites (tertiary alicyclic amines) is 1. The van der Waals surface area contributed by atoms with Crippen molar-refractivity contribution in [2.45, 2.75) is 46.0 Å². The van der Waals surface area contributed by atoms with Crippen molar-refractivity contribution in [3.63, 3.8) is 0 Å². The molecule has 1 aromatic rings. The number of aryl methyl sites for hydroxylation is 2. The molecule has 0 saturated carbocycles. The molecular weight excluding hydrogens is 254 g/mol. The van der Waals surface area contributed by atoms with Crippen LogP contribution >= 0.6 is 0 Å². The van der Waals surface area contributed by atoms with Gasteiger partial charge in [0.15, 0.2) is 0 Å². The maximum absolute atomic E-state index is 12.0. The van der Waals surface area contributed by atoms with E-state index >= 15 is 0 Å². The number of hydrogen-bond acceptors (Lipinski definition) is 5. The number of piperidine rings is 1. The molecule has 0 atom stereocenters. The first-order chi connectivity index (χ1) is 9.74. The summed E-state index contributed by atoms with van der Waals surface area (Å²) in [4.78, 5) is 18.4. The van der Waals surface area contributed by atoms with E-state index < -0.39 is 0 Å². The first-order valence-corrected chi connectivity index (χ1v) is 7.48. The first kappa shape index (κ1) is 14.7. The fourth-order valence-electron chi connectivity index (χ4n) is 2.42. The molecular formula is C14H23N5O. The van der Waals surface area contributed by atoms with Gasteiger partial charge in [-0.25, -0.2) is 4.98 Å². The summed E-state index contributed by atoms with van der Waals surface area (Å²) in [7, 11) is 0. The molecule has 1 aliphatic rings. The zero-order valence-electron chi connectivity index (χ0n) is 12.4. The van der Waals surface area contributed by atoms with Crippen molar-refractivity contribution in [2.24, 2.45) is 0 Å². The lowest BCUT2D eigenvalue weighted by atomic mass is 10.1. The zero-order chi connectivity index (χ0) is 14.4. The maximum Gasteiger partial charge on any atom is 0.243 e. The highest BCUT2D eigenvalue weighted by molar-refractivity contribution is 5.80. The highest BCUT2D eigenvalue weighted by Crippen LogP contribution is 2.09. The fraction of sp³-hybridized carbons (Fsp3) is 0.714. The van der Waals surface area contributed by atoms with Gasteiger partial charge >= 0.3 is 0 Å². The van der Waals surface area contributed by atoms with Crippen molar-refractivity contribution in [1.29, 1.82) is 0 Å². The molecule has 1 saturated heterocycles. The molecule has 6 nitrogen and oxygen atoms in total. The van der Waals surface area contributed by atoms with Gasteiger partial charge in [0.1, 0.15) is 0 Å². The van der Waals surface area contributed by atoms with Gasteiger partial charge in [-0.1, -0.05) is 13.8 Å². The van der Waals surface area contributed by atoms with Crippen molar-refractivity contribution in [3.8, 4) is 0 Å². The van der Waals surface area contributed by atoms with E-state index in [1.807, 2.05) is 18.7 Å². The van der Waals surface area contributed by atoms with E-state index in [1.54, 1.807) is 0 Å². The predicted molar refractivity (Wildman–Crippen MR) is 77.5 cm³/mol. The van der Waals surface area contributed by atoms with Crippen molar-refractivity contribution in [2.75, 3.05) is 25.0 Å². The molecule has 110 valence electrons. The Balaban J connectivity index is 1.91. The van der Waals surface area contributed by atoms with Crippen LogP contribution in [0.25, 0.3) is 0 Å². The maximum atomic E-state index is 12.0. The quantitative estimate of drug-likeness (QED) is 0.881. The summed E-state index contributed by atoms with van der Waals surface area (Å²) in [6, 6.07) is 0. The van der Waals surface area contributed by atoms with Crippen LogP contribution in [0, 0.1) is 0 Å². The van der Waals surface area contributed by atoms with E-state index in [2.05, 4.69) is 20.5 Å². The minimum Gasteiger partial charge on any atom is -0.344 e. The minimum atomic E-state index is 0.117. The molecule has 20 heavy (non-hydrogen) atoms. The summed E-state index contributed by atoms with van der Waals surface area (Å²) in [6.45, 7) is 6.07. The fourth-order valence-corrected chi connectivity index (χ4v) is 2.42. The molecule has 1 fully saturated rings. The monoisotopic (exact) mass is 277 g/mol. The van der Waals surface area contributed by atoms with Crippen LogP contribution in [-0.4, -0.2) is 45.6 Å². The molecule has 2 heterocycles. The Hall–Kier alpha value is -1.72. The van der Waals surface area contributed by atoms with Crippen LogP contribution in [0.1, 0.15) is 44.5 Å². The van der Waals surface area contributed by atoms with Crippen LogP contribution in [0.3, 0.4) is 0 Å². The van der Waals surface area contributed by atoms with E-state index in [4.69, 9.17) is 0 Å². The summed E-state index contributed by atoms with van der Waals surface area (Å²) in [5.41, 5.74) is 1.89. The summed E-state index contributed by atoms with van der Waals surface area (Å²) in [5, 5.41) is 11.2. The van der Waals surface area contributed by atoms with Crippen LogP contribution in [0.5, 0.6) is 0 Å². The Morgan fingerprint density at radius 2 is 1.80 bits per heavy atom. The first-order valence-electron chi connectivity index (χ1n) is 7.48. The Bertz CT molecular complexity index is 457. The Morgan fingerprint density at radius 3 is 2.45 bits per heavy atom. The Labute approximate surface area is 120 Å². The molecule has 2 rings (SSSR count). The second kappa shape index (κ2) is 7.17. The molecule has 1 aromatic heterocycles. The summed E-state index contributed by atoms with van der Waals surface area (Å²) < 4.78 is 0. The van der Waals surface area contributed by atoms with Crippen LogP contribution in [-0.2, 0) is 17.6 Å². The van der Waals surface area contributed by atoms with E-state index in [-0.39, 0.29) is 12.5 Å². The van der Waals surface area contributed by atoms with Gasteiger partial charge in [0.05, 0.1) is 17.9 Å². The lowest BCUT2D eigenvalue weighted by Gasteiger charge is -2.26. The number of carbonyl (C=O) groups excluding carboxylic acids is 1. The number of hydrogen-bond donors (Lipinski definition) is 1. The number of rotatable bonds is 5. The van der Waals surface area contributed by atoms with Gasteiger partial charge in [0.25, 0.3) is 0 Å². The summed E-state index contributed by atoms with van der Waals surface area (Å²) in [5.74, 6) is 0.565. The largest absolute Gasteiger partial charge is 0.344 e. The Morgan fingerprint density at radius 1 is 1.10 bits per heavy atom. The van der Waals surface area contributed by atoms with E-state index in [9.17, 15) is 4.79 Å². The average Bonchev–Trinajstić information content (AvgIpc) is 2.53. The third-order valence-corrected chi connectivity index (χ3v) is 3.62. The van der Waals surface area contributed by atoms with Crippen LogP contribution < -0.4 is 5.32 Å². The molecule has 0 aromatic carbocycles. The molecule has 0 bridgehead atoms. The normalized spacial score (nSPS) is 15.2. The minimum absolute atomic E-state index is 0.117. The molecule has 0 unspecified atom stereocenters. The molecule has 1 N–H and O–H groups in total. The highest BCUT2D eigenvalue weighted by atomic mass is 16.2. The van der Waals surface area contributed by atoms with Gasteiger partial charge in [-0.05, 0) is 32.1 Å². The Kier molecular flexibility index (Phi) is 5.26. The van der Waals surface area contributed by atoms with E-state index in [1.165, 1.54) is 6.42 Å². The summed E-state index contributed by atoms with van der Waals surface area (Å²) >= 11 is 0. The summed E-state index contributed by atoms with van der Waals surface area (Å²) in [6.07, 6.45) is 5.09. The number of amides is 1. The number of anilines is 1.